The van der Waals surface area contributed by atoms with Crippen LogP contribution >= 0.6 is 23.8 Å². The van der Waals surface area contributed by atoms with E-state index in [0.717, 1.165) is 5.69 Å². The Labute approximate surface area is 105 Å². The van der Waals surface area contributed by atoms with Crippen LogP contribution in [-0.4, -0.2) is 19.3 Å². The van der Waals surface area contributed by atoms with Gasteiger partial charge in [-0.3, -0.25) is 0 Å². The summed E-state index contributed by atoms with van der Waals surface area (Å²) in [5.41, 5.74) is 6.84. The van der Waals surface area contributed by atoms with Crippen molar-refractivity contribution in [3.8, 4) is 0 Å². The van der Waals surface area contributed by atoms with Gasteiger partial charge in [0.2, 0.25) is 0 Å². The molecule has 88 valence electrons. The number of methoxy groups -OCH3 is 2. The Hall–Kier alpha value is -0.880. The number of nitrogens with one attached hydrogen (secondary N) is 1. The Kier molecular flexibility index (Phi) is 4.95. The lowest BCUT2D eigenvalue weighted by molar-refractivity contribution is -0.105. The van der Waals surface area contributed by atoms with Crippen molar-refractivity contribution in [1.29, 1.82) is 0 Å². The van der Waals surface area contributed by atoms with Crippen LogP contribution in [0.5, 0.6) is 0 Å². The van der Waals surface area contributed by atoms with Gasteiger partial charge in [0.1, 0.15) is 0 Å². The molecule has 1 aromatic rings. The van der Waals surface area contributed by atoms with Crippen LogP contribution in [0.1, 0.15) is 11.9 Å². The summed E-state index contributed by atoms with van der Waals surface area (Å²) in [4.78, 5) is 0. The van der Waals surface area contributed by atoms with Gasteiger partial charge in [-0.1, -0.05) is 11.6 Å². The van der Waals surface area contributed by atoms with Crippen molar-refractivity contribution >= 4 is 34.6 Å². The topological polar surface area (TPSA) is 56.5 Å². The van der Waals surface area contributed by atoms with Gasteiger partial charge < -0.3 is 20.5 Å². The number of hydrogen-bond acceptors (Lipinski definition) is 3. The molecule has 0 aromatic heterocycles. The van der Waals surface area contributed by atoms with E-state index in [0.29, 0.717) is 10.6 Å². The number of rotatable bonds is 4. The van der Waals surface area contributed by atoms with E-state index in [-0.39, 0.29) is 5.11 Å². The Morgan fingerprint density at radius 2 is 2.06 bits per heavy atom. The van der Waals surface area contributed by atoms with Gasteiger partial charge in [0.25, 0.3) is 0 Å². The van der Waals surface area contributed by atoms with E-state index in [4.69, 9.17) is 39.0 Å². The highest BCUT2D eigenvalue weighted by molar-refractivity contribution is 7.80. The number of benzene rings is 1. The lowest BCUT2D eigenvalue weighted by Gasteiger charge is -2.16. The van der Waals surface area contributed by atoms with Crippen LogP contribution in [0, 0.1) is 0 Å². The minimum absolute atomic E-state index is 0.194. The van der Waals surface area contributed by atoms with Crippen molar-refractivity contribution < 1.29 is 9.47 Å². The Morgan fingerprint density at radius 1 is 1.44 bits per heavy atom. The third kappa shape index (κ3) is 3.31. The lowest BCUT2D eigenvalue weighted by atomic mass is 10.2. The summed E-state index contributed by atoms with van der Waals surface area (Å²) < 4.78 is 10.3. The number of ether oxygens (including phenoxy) is 2. The first-order valence-corrected chi connectivity index (χ1v) is 5.28. The van der Waals surface area contributed by atoms with E-state index in [2.05, 4.69) is 5.32 Å². The van der Waals surface area contributed by atoms with Gasteiger partial charge in [0, 0.05) is 30.5 Å². The monoisotopic (exact) mass is 260 g/mol. The summed E-state index contributed by atoms with van der Waals surface area (Å²) in [6, 6.07) is 5.27. The maximum atomic E-state index is 6.03. The van der Waals surface area contributed by atoms with Crippen LogP contribution in [0.3, 0.4) is 0 Å². The van der Waals surface area contributed by atoms with Gasteiger partial charge in [-0.2, -0.15) is 0 Å². The van der Waals surface area contributed by atoms with E-state index < -0.39 is 6.29 Å². The third-order valence-electron chi connectivity index (χ3n) is 1.95. The smallest absolute Gasteiger partial charge is 0.184 e. The number of halogens is 1. The van der Waals surface area contributed by atoms with Crippen molar-refractivity contribution in [3.63, 3.8) is 0 Å². The van der Waals surface area contributed by atoms with Crippen molar-refractivity contribution in [3.05, 3.63) is 28.8 Å². The van der Waals surface area contributed by atoms with Crippen LogP contribution in [0.2, 0.25) is 5.02 Å². The third-order valence-corrected chi connectivity index (χ3v) is 2.39. The van der Waals surface area contributed by atoms with Crippen LogP contribution in [0.15, 0.2) is 18.2 Å². The number of anilines is 1. The van der Waals surface area contributed by atoms with Crippen molar-refractivity contribution in [1.82, 2.24) is 0 Å². The van der Waals surface area contributed by atoms with Gasteiger partial charge in [0.05, 0.1) is 0 Å². The SMILES string of the molecule is COC(OC)c1cc(NC(N)=S)ccc1Cl. The molecule has 3 N–H and O–H groups in total. The predicted octanol–water partition coefficient (Wildman–Crippen LogP) is 2.29. The quantitative estimate of drug-likeness (QED) is 0.643. The second-order valence-electron chi connectivity index (χ2n) is 3.03. The molecule has 0 amide bonds. The Bertz CT molecular complexity index is 383. The first kappa shape index (κ1) is 13.2. The zero-order valence-electron chi connectivity index (χ0n) is 8.99. The molecule has 0 bridgehead atoms. The fourth-order valence-electron chi connectivity index (χ4n) is 1.29. The van der Waals surface area contributed by atoms with Gasteiger partial charge in [-0.05, 0) is 30.4 Å². The summed E-state index contributed by atoms with van der Waals surface area (Å²) in [5.74, 6) is 0. The molecule has 0 fully saturated rings. The molecule has 0 saturated carbocycles. The first-order valence-electron chi connectivity index (χ1n) is 4.50. The van der Waals surface area contributed by atoms with Crippen LogP contribution < -0.4 is 11.1 Å². The fraction of sp³-hybridized carbons (Fsp3) is 0.300. The average molecular weight is 261 g/mol. The van der Waals surface area contributed by atoms with E-state index in [9.17, 15) is 0 Å². The molecule has 0 aliphatic rings. The van der Waals surface area contributed by atoms with Crippen molar-refractivity contribution in [2.75, 3.05) is 19.5 Å². The molecule has 0 unspecified atom stereocenters. The minimum Gasteiger partial charge on any atom is -0.376 e. The molecule has 0 heterocycles. The molecule has 4 nitrogen and oxygen atoms in total. The minimum atomic E-state index is -0.513. The number of thiocarbonyl (C=S) groups is 1. The first-order chi connectivity index (χ1) is 7.58. The fourth-order valence-corrected chi connectivity index (χ4v) is 1.62. The van der Waals surface area contributed by atoms with E-state index >= 15 is 0 Å². The normalized spacial score (nSPS) is 10.5. The summed E-state index contributed by atoms with van der Waals surface area (Å²) >= 11 is 10.8. The highest BCUT2D eigenvalue weighted by Crippen LogP contribution is 2.28. The second-order valence-corrected chi connectivity index (χ2v) is 3.88. The molecule has 0 atom stereocenters. The van der Waals surface area contributed by atoms with Gasteiger partial charge in [0.15, 0.2) is 11.4 Å². The van der Waals surface area contributed by atoms with Gasteiger partial charge >= 0.3 is 0 Å². The molecule has 0 aliphatic heterocycles. The van der Waals surface area contributed by atoms with E-state index in [1.807, 2.05) is 0 Å². The van der Waals surface area contributed by atoms with Crippen molar-refractivity contribution in [2.45, 2.75) is 6.29 Å². The summed E-state index contributed by atoms with van der Waals surface area (Å²) in [7, 11) is 3.08. The van der Waals surface area contributed by atoms with E-state index in [1.54, 1.807) is 18.2 Å². The molecule has 0 aliphatic carbocycles. The van der Waals surface area contributed by atoms with Crippen molar-refractivity contribution in [2.24, 2.45) is 5.73 Å². The Morgan fingerprint density at radius 3 is 2.56 bits per heavy atom. The molecule has 1 rings (SSSR count). The Balaban J connectivity index is 3.02. The van der Waals surface area contributed by atoms with Crippen LogP contribution in [-0.2, 0) is 9.47 Å². The average Bonchev–Trinajstić information content (AvgIpc) is 2.23. The molecular formula is C10H13ClN2O2S. The maximum Gasteiger partial charge on any atom is 0.184 e. The summed E-state index contributed by atoms with van der Waals surface area (Å²) in [6.45, 7) is 0. The maximum absolute atomic E-state index is 6.03. The molecule has 16 heavy (non-hydrogen) atoms. The number of nitrogens with two attached hydrogens (primary N) is 1. The molecular weight excluding hydrogens is 248 g/mol. The molecule has 0 radical (unpaired) electrons. The second kappa shape index (κ2) is 6.00. The standard InChI is InChI=1S/C10H13ClN2O2S/c1-14-9(15-2)7-5-6(13-10(12)16)3-4-8(7)11/h3-5,9H,1-2H3,(H3,12,13,16). The molecule has 1 aromatic carbocycles. The molecule has 0 saturated heterocycles. The molecule has 6 heteroatoms. The lowest BCUT2D eigenvalue weighted by Crippen LogP contribution is -2.19. The zero-order valence-corrected chi connectivity index (χ0v) is 10.6. The van der Waals surface area contributed by atoms with Crippen LogP contribution in [0.4, 0.5) is 5.69 Å². The van der Waals surface area contributed by atoms with Crippen LogP contribution in [0.25, 0.3) is 0 Å². The number of hydrogen-bond donors (Lipinski definition) is 2. The van der Waals surface area contributed by atoms with Gasteiger partial charge in [-0.25, -0.2) is 0 Å². The summed E-state index contributed by atoms with van der Waals surface area (Å²) in [5, 5.41) is 3.57. The molecule has 0 spiro atoms. The largest absolute Gasteiger partial charge is 0.376 e. The highest BCUT2D eigenvalue weighted by Gasteiger charge is 2.13. The highest BCUT2D eigenvalue weighted by atomic mass is 35.5. The van der Waals surface area contributed by atoms with Gasteiger partial charge in [-0.15, -0.1) is 0 Å². The zero-order chi connectivity index (χ0) is 12.1. The predicted molar refractivity (Wildman–Crippen MR) is 68.6 cm³/mol. The summed E-state index contributed by atoms with van der Waals surface area (Å²) in [6.07, 6.45) is -0.513. The van der Waals surface area contributed by atoms with E-state index in [1.165, 1.54) is 14.2 Å².